The molecule has 2 saturated heterocycles. The molecule has 3 heterocycles. The molecule has 2 fully saturated rings. The predicted molar refractivity (Wildman–Crippen MR) is 110 cm³/mol. The van der Waals surface area contributed by atoms with E-state index in [0.717, 1.165) is 16.7 Å². The van der Waals surface area contributed by atoms with Crippen molar-refractivity contribution in [1.82, 2.24) is 9.88 Å². The lowest BCUT2D eigenvalue weighted by Gasteiger charge is -2.51. The Kier molecular flexibility index (Phi) is 5.42. The number of ether oxygens (including phenoxy) is 2. The molecule has 2 aromatic rings. The Bertz CT molecular complexity index is 930. The number of likely N-dealkylation sites (tertiary alicyclic amines) is 1. The molecule has 2 atom stereocenters. The molecule has 158 valence electrons. The van der Waals surface area contributed by atoms with Crippen LogP contribution in [0.2, 0.25) is 0 Å². The van der Waals surface area contributed by atoms with E-state index in [9.17, 15) is 15.0 Å². The van der Waals surface area contributed by atoms with Gasteiger partial charge in [-0.15, -0.1) is 0 Å². The molecule has 0 amide bonds. The van der Waals surface area contributed by atoms with Crippen molar-refractivity contribution in [2.24, 2.45) is 0 Å². The van der Waals surface area contributed by atoms with Crippen molar-refractivity contribution >= 4 is 10.9 Å². The molecule has 7 heteroatoms. The number of nitrogens with one attached hydrogen (secondary N) is 1. The van der Waals surface area contributed by atoms with Gasteiger partial charge in [0.25, 0.3) is 5.56 Å². The van der Waals surface area contributed by atoms with Gasteiger partial charge >= 0.3 is 0 Å². The number of aromatic nitrogens is 1. The van der Waals surface area contributed by atoms with Crippen molar-refractivity contribution in [3.05, 3.63) is 40.2 Å². The predicted octanol–water partition coefficient (Wildman–Crippen LogP) is 1.79. The third kappa shape index (κ3) is 3.92. The van der Waals surface area contributed by atoms with Crippen LogP contribution in [-0.2, 0) is 11.3 Å². The summed E-state index contributed by atoms with van der Waals surface area (Å²) in [5.74, 6) is 0.786. The Morgan fingerprint density at radius 1 is 1.28 bits per heavy atom. The first-order valence-corrected chi connectivity index (χ1v) is 10.4. The maximum absolute atomic E-state index is 12.5. The highest BCUT2D eigenvalue weighted by Crippen LogP contribution is 2.39. The van der Waals surface area contributed by atoms with E-state index in [-0.39, 0.29) is 5.56 Å². The van der Waals surface area contributed by atoms with Crippen LogP contribution in [0, 0.1) is 0 Å². The average Bonchev–Trinajstić information content (AvgIpc) is 2.69. The quantitative estimate of drug-likeness (QED) is 0.722. The van der Waals surface area contributed by atoms with Gasteiger partial charge in [-0.2, -0.15) is 0 Å². The summed E-state index contributed by atoms with van der Waals surface area (Å²) in [7, 11) is 0. The Hall–Kier alpha value is -1.93. The third-order valence-electron chi connectivity index (χ3n) is 6.39. The van der Waals surface area contributed by atoms with Crippen LogP contribution >= 0.6 is 0 Å². The molecule has 2 aliphatic heterocycles. The molecule has 1 aromatic heterocycles. The monoisotopic (exact) mass is 402 g/mol. The zero-order valence-electron chi connectivity index (χ0n) is 17.1. The summed E-state index contributed by atoms with van der Waals surface area (Å²) < 4.78 is 11.5. The fourth-order valence-corrected chi connectivity index (χ4v) is 4.60. The smallest absolute Gasteiger partial charge is 0.252 e. The van der Waals surface area contributed by atoms with E-state index in [0.29, 0.717) is 57.7 Å². The second kappa shape index (κ2) is 7.72. The van der Waals surface area contributed by atoms with E-state index in [1.54, 1.807) is 6.92 Å². The summed E-state index contributed by atoms with van der Waals surface area (Å²) >= 11 is 0. The van der Waals surface area contributed by atoms with E-state index in [2.05, 4.69) is 9.88 Å². The molecule has 0 unspecified atom stereocenters. The first-order chi connectivity index (χ1) is 13.8. The van der Waals surface area contributed by atoms with Crippen molar-refractivity contribution in [2.75, 3.05) is 26.3 Å². The summed E-state index contributed by atoms with van der Waals surface area (Å²) in [4.78, 5) is 17.7. The number of piperidine rings is 1. The van der Waals surface area contributed by atoms with Crippen LogP contribution in [0.1, 0.15) is 38.7 Å². The zero-order valence-corrected chi connectivity index (χ0v) is 17.1. The largest absolute Gasteiger partial charge is 0.494 e. The number of rotatable bonds is 4. The summed E-state index contributed by atoms with van der Waals surface area (Å²) in [6, 6.07) is 7.59. The SMILES string of the molecule is CCOc1ccc2[nH]c(=O)c(CN3CCC4(CC3)OCC[C@@](C)(O)[C@@H]4O)cc2c1. The summed E-state index contributed by atoms with van der Waals surface area (Å²) in [5.41, 5.74) is -0.395. The van der Waals surface area contributed by atoms with Crippen molar-refractivity contribution in [3.8, 4) is 5.75 Å². The van der Waals surface area contributed by atoms with E-state index in [1.807, 2.05) is 31.2 Å². The fourth-order valence-electron chi connectivity index (χ4n) is 4.60. The van der Waals surface area contributed by atoms with Gasteiger partial charge in [0.1, 0.15) is 11.9 Å². The van der Waals surface area contributed by atoms with E-state index >= 15 is 0 Å². The number of benzene rings is 1. The number of hydrogen-bond acceptors (Lipinski definition) is 6. The standard InChI is InChI=1S/C22H30N2O5/c1-3-28-17-4-5-18-15(13-17)12-16(19(25)23-18)14-24-9-6-22(7-10-24)20(26)21(2,27)8-11-29-22/h4-5,12-13,20,26-27H,3,6-11,14H2,1-2H3,(H,23,25)/t20-,21+/m0/s1. The highest BCUT2D eigenvalue weighted by atomic mass is 16.5. The molecule has 0 aliphatic carbocycles. The number of hydrogen-bond donors (Lipinski definition) is 3. The summed E-state index contributed by atoms with van der Waals surface area (Å²) in [5, 5.41) is 22.1. The van der Waals surface area contributed by atoms with Crippen LogP contribution in [0.4, 0.5) is 0 Å². The van der Waals surface area contributed by atoms with Crippen molar-refractivity contribution in [2.45, 2.75) is 57.0 Å². The molecule has 0 bridgehead atoms. The van der Waals surface area contributed by atoms with Crippen LogP contribution in [0.5, 0.6) is 5.75 Å². The van der Waals surface area contributed by atoms with Crippen LogP contribution in [0.25, 0.3) is 10.9 Å². The average molecular weight is 402 g/mol. The minimum absolute atomic E-state index is 0.0844. The van der Waals surface area contributed by atoms with Crippen molar-refractivity contribution < 1.29 is 19.7 Å². The van der Waals surface area contributed by atoms with Crippen LogP contribution in [0.3, 0.4) is 0 Å². The highest BCUT2D eigenvalue weighted by Gasteiger charge is 2.52. The zero-order chi connectivity index (χ0) is 20.6. The lowest BCUT2D eigenvalue weighted by Crippen LogP contribution is -2.64. The number of fused-ring (bicyclic) bond motifs is 1. The molecular weight excluding hydrogens is 372 g/mol. The second-order valence-corrected chi connectivity index (χ2v) is 8.50. The van der Waals surface area contributed by atoms with Gasteiger partial charge in [0.05, 0.1) is 24.4 Å². The van der Waals surface area contributed by atoms with Gasteiger partial charge in [0.15, 0.2) is 0 Å². The minimum atomic E-state index is -1.12. The molecule has 7 nitrogen and oxygen atoms in total. The Morgan fingerprint density at radius 3 is 2.76 bits per heavy atom. The maximum atomic E-state index is 12.5. The number of aliphatic hydroxyl groups is 2. The van der Waals surface area contributed by atoms with Gasteiger partial charge in [-0.3, -0.25) is 9.69 Å². The second-order valence-electron chi connectivity index (χ2n) is 8.50. The molecule has 3 N–H and O–H groups in total. The van der Waals surface area contributed by atoms with E-state index < -0.39 is 17.3 Å². The molecule has 29 heavy (non-hydrogen) atoms. The summed E-state index contributed by atoms with van der Waals surface area (Å²) in [6.45, 7) is 6.60. The fraction of sp³-hybridized carbons (Fsp3) is 0.591. The number of H-pyrrole nitrogens is 1. The normalized spacial score (nSPS) is 27.4. The molecular formula is C22H30N2O5. The first-order valence-electron chi connectivity index (χ1n) is 10.4. The Balaban J connectivity index is 1.48. The molecule has 1 aromatic carbocycles. The molecule has 1 spiro atoms. The van der Waals surface area contributed by atoms with Gasteiger partial charge in [-0.25, -0.2) is 0 Å². The maximum Gasteiger partial charge on any atom is 0.252 e. The molecule has 0 radical (unpaired) electrons. The van der Waals surface area contributed by atoms with Crippen molar-refractivity contribution in [1.29, 1.82) is 0 Å². The summed E-state index contributed by atoms with van der Waals surface area (Å²) in [6.07, 6.45) is 0.802. The Labute approximate surface area is 170 Å². The third-order valence-corrected chi connectivity index (χ3v) is 6.39. The number of pyridine rings is 1. The molecule has 4 rings (SSSR count). The van der Waals surface area contributed by atoms with Gasteiger partial charge in [0.2, 0.25) is 0 Å². The number of aliphatic hydroxyl groups excluding tert-OH is 1. The van der Waals surface area contributed by atoms with Crippen LogP contribution in [0.15, 0.2) is 29.1 Å². The number of aromatic amines is 1. The van der Waals surface area contributed by atoms with Gasteiger partial charge < -0.3 is 24.7 Å². The van der Waals surface area contributed by atoms with Gasteiger partial charge in [-0.1, -0.05) is 0 Å². The minimum Gasteiger partial charge on any atom is -0.494 e. The Morgan fingerprint density at radius 2 is 2.03 bits per heavy atom. The highest BCUT2D eigenvalue weighted by molar-refractivity contribution is 5.80. The van der Waals surface area contributed by atoms with Crippen LogP contribution < -0.4 is 10.3 Å². The van der Waals surface area contributed by atoms with Gasteiger partial charge in [-0.05, 0) is 51.0 Å². The van der Waals surface area contributed by atoms with E-state index in [1.165, 1.54) is 0 Å². The molecule has 0 saturated carbocycles. The number of nitrogens with zero attached hydrogens (tertiary/aromatic N) is 1. The van der Waals surface area contributed by atoms with Crippen LogP contribution in [-0.4, -0.2) is 63.7 Å². The van der Waals surface area contributed by atoms with Crippen molar-refractivity contribution in [3.63, 3.8) is 0 Å². The lowest BCUT2D eigenvalue weighted by molar-refractivity contribution is -0.246. The topological polar surface area (TPSA) is 95.0 Å². The van der Waals surface area contributed by atoms with Gasteiger partial charge in [0, 0.05) is 42.5 Å². The first kappa shape index (κ1) is 20.3. The van der Waals surface area contributed by atoms with E-state index in [4.69, 9.17) is 9.47 Å². The lowest BCUT2D eigenvalue weighted by atomic mass is 9.75. The molecule has 2 aliphatic rings.